The molecule has 1 fully saturated rings. The average molecular weight is 288 g/mol. The summed E-state index contributed by atoms with van der Waals surface area (Å²) in [7, 11) is 0. The van der Waals surface area contributed by atoms with Crippen molar-refractivity contribution in [2.45, 2.75) is 46.6 Å². The van der Waals surface area contributed by atoms with E-state index in [1.807, 2.05) is 13.8 Å². The summed E-state index contributed by atoms with van der Waals surface area (Å²) in [5.74, 6) is 0.872. The van der Waals surface area contributed by atoms with E-state index in [1.54, 1.807) is 0 Å². The first kappa shape index (κ1) is 15.9. The summed E-state index contributed by atoms with van der Waals surface area (Å²) >= 11 is 0. The summed E-state index contributed by atoms with van der Waals surface area (Å²) in [5, 5.41) is 3.22. The van der Waals surface area contributed by atoms with Crippen LogP contribution in [0.5, 0.6) is 0 Å². The van der Waals surface area contributed by atoms with Crippen molar-refractivity contribution in [1.82, 2.24) is 5.32 Å². The molecule has 1 aromatic carbocycles. The van der Waals surface area contributed by atoms with Gasteiger partial charge in [0, 0.05) is 30.7 Å². The largest absolute Gasteiger partial charge is 0.369 e. The van der Waals surface area contributed by atoms with Gasteiger partial charge in [0.1, 0.15) is 0 Å². The summed E-state index contributed by atoms with van der Waals surface area (Å²) < 4.78 is 0. The molecule has 3 heteroatoms. The Hall–Kier alpha value is -1.51. The summed E-state index contributed by atoms with van der Waals surface area (Å²) in [4.78, 5) is 14.4. The highest BCUT2D eigenvalue weighted by Crippen LogP contribution is 2.26. The topological polar surface area (TPSA) is 32.3 Å². The van der Waals surface area contributed by atoms with Crippen LogP contribution in [0.4, 0.5) is 5.69 Å². The van der Waals surface area contributed by atoms with Crippen LogP contribution in [-0.2, 0) is 4.79 Å². The predicted octanol–water partition coefficient (Wildman–Crippen LogP) is 3.37. The first-order valence-electron chi connectivity index (χ1n) is 8.11. The zero-order chi connectivity index (χ0) is 15.4. The number of aryl methyl sites for hydroxylation is 1. The van der Waals surface area contributed by atoms with Gasteiger partial charge in [-0.3, -0.25) is 4.79 Å². The molecule has 1 N–H and O–H groups in total. The van der Waals surface area contributed by atoms with E-state index in [9.17, 15) is 4.79 Å². The number of amides is 1. The number of piperidine rings is 1. The zero-order valence-corrected chi connectivity index (χ0v) is 13.7. The van der Waals surface area contributed by atoms with Crippen LogP contribution in [0.25, 0.3) is 0 Å². The van der Waals surface area contributed by atoms with Crippen LogP contribution in [0, 0.1) is 18.8 Å². The molecule has 0 aliphatic carbocycles. The Morgan fingerprint density at radius 1 is 1.38 bits per heavy atom. The molecule has 1 heterocycles. The number of anilines is 1. The lowest BCUT2D eigenvalue weighted by Crippen LogP contribution is -2.51. The lowest BCUT2D eigenvalue weighted by molar-refractivity contribution is -0.124. The molecule has 2 unspecified atom stereocenters. The van der Waals surface area contributed by atoms with Crippen molar-refractivity contribution in [3.05, 3.63) is 29.8 Å². The van der Waals surface area contributed by atoms with Crippen LogP contribution >= 0.6 is 0 Å². The number of nitrogens with zero attached hydrogens (tertiary/aromatic N) is 1. The van der Waals surface area contributed by atoms with E-state index in [2.05, 4.69) is 48.3 Å². The van der Waals surface area contributed by atoms with Gasteiger partial charge in [0.15, 0.2) is 0 Å². The molecule has 0 saturated carbocycles. The molecule has 0 aromatic heterocycles. The molecule has 0 bridgehead atoms. The summed E-state index contributed by atoms with van der Waals surface area (Å²) in [6.07, 6.45) is 2.26. The minimum atomic E-state index is 0.0550. The van der Waals surface area contributed by atoms with Crippen LogP contribution in [-0.4, -0.2) is 25.0 Å². The minimum absolute atomic E-state index is 0.0550. The normalized spacial score (nSPS) is 22.4. The van der Waals surface area contributed by atoms with Gasteiger partial charge in [-0.15, -0.1) is 0 Å². The number of rotatable bonds is 4. The highest BCUT2D eigenvalue weighted by Gasteiger charge is 2.28. The average Bonchev–Trinajstić information content (AvgIpc) is 2.46. The first-order valence-corrected chi connectivity index (χ1v) is 8.11. The Balaban J connectivity index is 2.10. The minimum Gasteiger partial charge on any atom is -0.369 e. The van der Waals surface area contributed by atoms with Crippen LogP contribution in [0.15, 0.2) is 24.3 Å². The van der Waals surface area contributed by atoms with Gasteiger partial charge >= 0.3 is 0 Å². The maximum absolute atomic E-state index is 12.0. The molecule has 1 aromatic rings. The zero-order valence-electron chi connectivity index (χ0n) is 13.7. The van der Waals surface area contributed by atoms with E-state index >= 15 is 0 Å². The highest BCUT2D eigenvalue weighted by molar-refractivity contribution is 5.78. The summed E-state index contributed by atoms with van der Waals surface area (Å²) in [6.45, 7) is 10.3. The third-order valence-electron chi connectivity index (χ3n) is 4.35. The van der Waals surface area contributed by atoms with Crippen molar-refractivity contribution in [3.8, 4) is 0 Å². The van der Waals surface area contributed by atoms with Crippen LogP contribution in [0.3, 0.4) is 0 Å². The molecule has 0 spiro atoms. The molecule has 1 saturated heterocycles. The van der Waals surface area contributed by atoms with Gasteiger partial charge in [0.05, 0.1) is 0 Å². The second kappa shape index (κ2) is 6.97. The van der Waals surface area contributed by atoms with E-state index in [1.165, 1.54) is 11.3 Å². The number of nitrogens with one attached hydrogen (secondary N) is 1. The van der Waals surface area contributed by atoms with Gasteiger partial charge < -0.3 is 10.2 Å². The molecule has 116 valence electrons. The third kappa shape index (κ3) is 4.23. The van der Waals surface area contributed by atoms with Gasteiger partial charge in [-0.25, -0.2) is 0 Å². The molecular weight excluding hydrogens is 260 g/mol. The van der Waals surface area contributed by atoms with E-state index in [4.69, 9.17) is 0 Å². The molecule has 2 atom stereocenters. The Labute approximate surface area is 128 Å². The van der Waals surface area contributed by atoms with Crippen LogP contribution in [0.2, 0.25) is 0 Å². The fourth-order valence-electron chi connectivity index (χ4n) is 3.01. The number of benzene rings is 1. The number of hydrogen-bond donors (Lipinski definition) is 1. The number of carbonyl (C=O) groups excluding carboxylic acids is 1. The van der Waals surface area contributed by atoms with Gasteiger partial charge in [-0.05, 0) is 37.0 Å². The molecule has 1 aliphatic rings. The van der Waals surface area contributed by atoms with Crippen molar-refractivity contribution in [2.75, 3.05) is 18.0 Å². The first-order chi connectivity index (χ1) is 9.99. The SMILES string of the molecule is CCC1CC(NC(=O)C(C)C)CN(c2cccc(C)c2)C1. The fourth-order valence-corrected chi connectivity index (χ4v) is 3.01. The van der Waals surface area contributed by atoms with E-state index in [0.717, 1.165) is 25.9 Å². The monoisotopic (exact) mass is 288 g/mol. The lowest BCUT2D eigenvalue weighted by atomic mass is 9.91. The standard InChI is InChI=1S/C18H28N2O/c1-5-15-10-16(19-18(21)13(2)3)12-20(11-15)17-8-6-7-14(4)9-17/h6-9,13,15-16H,5,10-12H2,1-4H3,(H,19,21). The van der Waals surface area contributed by atoms with Crippen LogP contribution in [0.1, 0.15) is 39.2 Å². The Kier molecular flexibility index (Phi) is 5.27. The molecule has 3 nitrogen and oxygen atoms in total. The van der Waals surface area contributed by atoms with Gasteiger partial charge in [0.2, 0.25) is 5.91 Å². The van der Waals surface area contributed by atoms with Crippen molar-refractivity contribution < 1.29 is 4.79 Å². The van der Waals surface area contributed by atoms with Crippen molar-refractivity contribution >= 4 is 11.6 Å². The maximum Gasteiger partial charge on any atom is 0.222 e. The molecule has 2 rings (SSSR count). The molecule has 21 heavy (non-hydrogen) atoms. The van der Waals surface area contributed by atoms with E-state index in [0.29, 0.717) is 5.92 Å². The maximum atomic E-state index is 12.0. The second-order valence-electron chi connectivity index (χ2n) is 6.61. The van der Waals surface area contributed by atoms with Gasteiger partial charge in [-0.2, -0.15) is 0 Å². The van der Waals surface area contributed by atoms with Crippen LogP contribution < -0.4 is 10.2 Å². The van der Waals surface area contributed by atoms with Gasteiger partial charge in [-0.1, -0.05) is 39.3 Å². The molecular formula is C18H28N2O. The Morgan fingerprint density at radius 3 is 2.76 bits per heavy atom. The van der Waals surface area contributed by atoms with Crippen molar-refractivity contribution in [1.29, 1.82) is 0 Å². The smallest absolute Gasteiger partial charge is 0.222 e. The second-order valence-corrected chi connectivity index (χ2v) is 6.61. The predicted molar refractivity (Wildman–Crippen MR) is 88.6 cm³/mol. The summed E-state index contributed by atoms with van der Waals surface area (Å²) in [6, 6.07) is 8.91. The quantitative estimate of drug-likeness (QED) is 0.921. The highest BCUT2D eigenvalue weighted by atomic mass is 16.1. The van der Waals surface area contributed by atoms with Crippen molar-refractivity contribution in [3.63, 3.8) is 0 Å². The van der Waals surface area contributed by atoms with E-state index in [-0.39, 0.29) is 17.9 Å². The summed E-state index contributed by atoms with van der Waals surface area (Å²) in [5.41, 5.74) is 2.56. The molecule has 0 radical (unpaired) electrons. The van der Waals surface area contributed by atoms with Gasteiger partial charge in [0.25, 0.3) is 0 Å². The van der Waals surface area contributed by atoms with Crippen molar-refractivity contribution in [2.24, 2.45) is 11.8 Å². The number of hydrogen-bond acceptors (Lipinski definition) is 2. The number of carbonyl (C=O) groups is 1. The Morgan fingerprint density at radius 2 is 2.14 bits per heavy atom. The molecule has 1 aliphatic heterocycles. The van der Waals surface area contributed by atoms with E-state index < -0.39 is 0 Å². The lowest BCUT2D eigenvalue weighted by Gasteiger charge is -2.39. The Bertz CT molecular complexity index is 484. The molecule has 1 amide bonds. The fraction of sp³-hybridized carbons (Fsp3) is 0.611. The third-order valence-corrected chi connectivity index (χ3v) is 4.35.